The zero-order valence-electron chi connectivity index (χ0n) is 12.0. The maximum absolute atomic E-state index is 12.3. The average molecular weight is 298 g/mol. The van der Waals surface area contributed by atoms with Crippen LogP contribution in [0.25, 0.3) is 0 Å². The van der Waals surface area contributed by atoms with Gasteiger partial charge in [-0.15, -0.1) is 0 Å². The monoisotopic (exact) mass is 298 g/mol. The van der Waals surface area contributed by atoms with Crippen molar-refractivity contribution in [1.82, 2.24) is 10.2 Å². The first-order valence-electron chi connectivity index (χ1n) is 7.50. The fraction of sp³-hybridized carbons (Fsp3) is 0.786. The fourth-order valence-electron chi connectivity index (χ4n) is 3.48. The van der Waals surface area contributed by atoms with Gasteiger partial charge >= 0.3 is 18.0 Å². The summed E-state index contributed by atoms with van der Waals surface area (Å²) in [7, 11) is 0. The molecule has 1 unspecified atom stereocenters. The minimum Gasteiger partial charge on any atom is -0.481 e. The third-order valence-corrected chi connectivity index (χ3v) is 4.48. The molecule has 0 radical (unpaired) electrons. The molecule has 2 amide bonds. The summed E-state index contributed by atoms with van der Waals surface area (Å²) in [5, 5.41) is 20.1. The average Bonchev–Trinajstić information content (AvgIpc) is 2.45. The van der Waals surface area contributed by atoms with Crippen molar-refractivity contribution in [3.8, 4) is 0 Å². The maximum Gasteiger partial charge on any atom is 0.326 e. The number of hydrogen-bond acceptors (Lipinski definition) is 3. The van der Waals surface area contributed by atoms with Gasteiger partial charge in [0.1, 0.15) is 6.04 Å². The Morgan fingerprint density at radius 2 is 1.76 bits per heavy atom. The molecule has 1 saturated heterocycles. The lowest BCUT2D eigenvalue weighted by Crippen LogP contribution is -2.56. The molecule has 1 heterocycles. The van der Waals surface area contributed by atoms with Gasteiger partial charge in [0.25, 0.3) is 0 Å². The summed E-state index contributed by atoms with van der Waals surface area (Å²) in [6.45, 7) is 0.617. The minimum atomic E-state index is -1.38. The molecule has 0 bridgehead atoms. The molecule has 0 aromatic heterocycles. The van der Waals surface area contributed by atoms with E-state index in [1.165, 1.54) is 6.42 Å². The molecule has 2 fully saturated rings. The predicted molar refractivity (Wildman–Crippen MR) is 73.9 cm³/mol. The summed E-state index contributed by atoms with van der Waals surface area (Å²) in [5.74, 6) is -2.05. The summed E-state index contributed by atoms with van der Waals surface area (Å²) in [5.41, 5.74) is 0. The molecular formula is C14H22N2O5. The highest BCUT2D eigenvalue weighted by Gasteiger charge is 2.37. The first-order valence-corrected chi connectivity index (χ1v) is 7.50. The van der Waals surface area contributed by atoms with Crippen LogP contribution < -0.4 is 5.32 Å². The first-order chi connectivity index (χ1) is 9.99. The highest BCUT2D eigenvalue weighted by molar-refractivity contribution is 5.86. The SMILES string of the molecule is O=C(O)CC(NC(=O)N1CCC[C@H]2CCCC[C@H]21)C(=O)O. The van der Waals surface area contributed by atoms with Crippen LogP contribution in [0.1, 0.15) is 44.9 Å². The molecule has 3 N–H and O–H groups in total. The Morgan fingerprint density at radius 3 is 2.43 bits per heavy atom. The lowest BCUT2D eigenvalue weighted by atomic mass is 9.78. The summed E-state index contributed by atoms with van der Waals surface area (Å²) in [4.78, 5) is 35.7. The number of carboxylic acids is 2. The van der Waals surface area contributed by atoms with Gasteiger partial charge in [0.15, 0.2) is 0 Å². The topological polar surface area (TPSA) is 107 Å². The molecule has 7 nitrogen and oxygen atoms in total. The van der Waals surface area contributed by atoms with Crippen molar-refractivity contribution < 1.29 is 24.6 Å². The Morgan fingerprint density at radius 1 is 1.10 bits per heavy atom. The quantitative estimate of drug-likeness (QED) is 0.724. The molecule has 0 aromatic carbocycles. The van der Waals surface area contributed by atoms with Crippen LogP contribution in [0.5, 0.6) is 0 Å². The van der Waals surface area contributed by atoms with Crippen molar-refractivity contribution in [3.05, 3.63) is 0 Å². The van der Waals surface area contributed by atoms with Gasteiger partial charge < -0.3 is 20.4 Å². The van der Waals surface area contributed by atoms with Crippen molar-refractivity contribution in [2.75, 3.05) is 6.54 Å². The van der Waals surface area contributed by atoms with Gasteiger partial charge in [-0.3, -0.25) is 4.79 Å². The lowest BCUT2D eigenvalue weighted by Gasteiger charge is -2.44. The highest BCUT2D eigenvalue weighted by Crippen LogP contribution is 2.35. The number of fused-ring (bicyclic) bond motifs is 1. The van der Waals surface area contributed by atoms with Gasteiger partial charge in [-0.25, -0.2) is 9.59 Å². The molecule has 2 aliphatic rings. The van der Waals surface area contributed by atoms with Gasteiger partial charge in [-0.1, -0.05) is 12.8 Å². The summed E-state index contributed by atoms with van der Waals surface area (Å²) in [6, 6.07) is -1.65. The Kier molecular flexibility index (Phi) is 5.03. The number of urea groups is 1. The van der Waals surface area contributed by atoms with Crippen molar-refractivity contribution in [3.63, 3.8) is 0 Å². The van der Waals surface area contributed by atoms with E-state index in [9.17, 15) is 14.4 Å². The van der Waals surface area contributed by atoms with Crippen LogP contribution in [0.15, 0.2) is 0 Å². The van der Waals surface area contributed by atoms with E-state index in [1.54, 1.807) is 4.90 Å². The third-order valence-electron chi connectivity index (χ3n) is 4.48. The van der Waals surface area contributed by atoms with Crippen molar-refractivity contribution >= 4 is 18.0 Å². The van der Waals surface area contributed by atoms with Gasteiger partial charge in [0.05, 0.1) is 6.42 Å². The van der Waals surface area contributed by atoms with Crippen LogP contribution >= 0.6 is 0 Å². The van der Waals surface area contributed by atoms with Crippen molar-refractivity contribution in [2.24, 2.45) is 5.92 Å². The van der Waals surface area contributed by atoms with Crippen LogP contribution in [0.4, 0.5) is 4.79 Å². The van der Waals surface area contributed by atoms with E-state index in [1.807, 2.05) is 0 Å². The molecular weight excluding hydrogens is 276 g/mol. The van der Waals surface area contributed by atoms with E-state index >= 15 is 0 Å². The van der Waals surface area contributed by atoms with Crippen LogP contribution in [-0.2, 0) is 9.59 Å². The maximum atomic E-state index is 12.3. The second kappa shape index (κ2) is 6.78. The predicted octanol–water partition coefficient (Wildman–Crippen LogP) is 1.28. The summed E-state index contributed by atoms with van der Waals surface area (Å²) >= 11 is 0. The van der Waals surface area contributed by atoms with E-state index in [4.69, 9.17) is 10.2 Å². The third kappa shape index (κ3) is 3.86. The summed E-state index contributed by atoms with van der Waals surface area (Å²) in [6.07, 6.45) is 5.77. The second-order valence-corrected chi connectivity index (χ2v) is 5.89. The number of nitrogens with zero attached hydrogens (tertiary/aromatic N) is 1. The highest BCUT2D eigenvalue weighted by atomic mass is 16.4. The number of rotatable bonds is 4. The molecule has 118 valence electrons. The number of carbonyl (C=O) groups is 3. The van der Waals surface area contributed by atoms with Gasteiger partial charge in [-0.2, -0.15) is 0 Å². The number of carbonyl (C=O) groups excluding carboxylic acids is 1. The Balaban J connectivity index is 2.00. The number of likely N-dealkylation sites (tertiary alicyclic amines) is 1. The number of amides is 2. The normalized spacial score (nSPS) is 26.6. The van der Waals surface area contributed by atoms with Gasteiger partial charge in [-0.05, 0) is 31.6 Å². The molecule has 1 aliphatic carbocycles. The molecule has 7 heteroatoms. The van der Waals surface area contributed by atoms with Crippen LogP contribution in [-0.4, -0.2) is 51.7 Å². The fourth-order valence-corrected chi connectivity index (χ4v) is 3.48. The number of aliphatic carboxylic acids is 2. The molecule has 3 atom stereocenters. The Bertz CT molecular complexity index is 424. The number of hydrogen-bond donors (Lipinski definition) is 3. The minimum absolute atomic E-state index is 0.173. The van der Waals surface area contributed by atoms with Crippen molar-refractivity contribution in [1.29, 1.82) is 0 Å². The smallest absolute Gasteiger partial charge is 0.326 e. The molecule has 1 saturated carbocycles. The molecule has 1 aliphatic heterocycles. The van der Waals surface area contributed by atoms with E-state index < -0.39 is 30.4 Å². The standard InChI is InChI=1S/C14H22N2O5/c17-12(18)8-10(13(19)20)15-14(21)16-7-3-5-9-4-1-2-6-11(9)16/h9-11H,1-8H2,(H,15,21)(H,17,18)(H,19,20)/t9-,10?,11-/m1/s1. The zero-order valence-corrected chi connectivity index (χ0v) is 12.0. The lowest BCUT2D eigenvalue weighted by molar-refractivity contribution is -0.145. The Labute approximate surface area is 123 Å². The molecule has 21 heavy (non-hydrogen) atoms. The zero-order chi connectivity index (χ0) is 15.4. The van der Waals surface area contributed by atoms with E-state index in [0.717, 1.165) is 32.1 Å². The van der Waals surface area contributed by atoms with Crippen LogP contribution in [0.3, 0.4) is 0 Å². The Hall–Kier alpha value is -1.79. The van der Waals surface area contributed by atoms with E-state index in [-0.39, 0.29) is 6.04 Å². The van der Waals surface area contributed by atoms with Gasteiger partial charge in [0, 0.05) is 12.6 Å². The number of piperidine rings is 1. The van der Waals surface area contributed by atoms with Crippen LogP contribution in [0, 0.1) is 5.92 Å². The van der Waals surface area contributed by atoms with Crippen LogP contribution in [0.2, 0.25) is 0 Å². The van der Waals surface area contributed by atoms with Gasteiger partial charge in [0.2, 0.25) is 0 Å². The van der Waals surface area contributed by atoms with Crippen molar-refractivity contribution in [2.45, 2.75) is 57.0 Å². The second-order valence-electron chi connectivity index (χ2n) is 5.89. The first kappa shape index (κ1) is 15.6. The molecule has 0 spiro atoms. The molecule has 2 rings (SSSR count). The number of nitrogens with one attached hydrogen (secondary N) is 1. The summed E-state index contributed by atoms with van der Waals surface area (Å²) < 4.78 is 0. The largest absolute Gasteiger partial charge is 0.481 e. The van der Waals surface area contributed by atoms with E-state index in [0.29, 0.717) is 12.5 Å². The number of carboxylic acid groups (broad SMARTS) is 2. The van der Waals surface area contributed by atoms with E-state index in [2.05, 4.69) is 5.32 Å². The molecule has 0 aromatic rings.